The summed E-state index contributed by atoms with van der Waals surface area (Å²) in [6.07, 6.45) is 3.99. The average molecular weight is 351 g/mol. The molecule has 3 aromatic rings. The van der Waals surface area contributed by atoms with E-state index in [0.29, 0.717) is 29.7 Å². The lowest BCUT2D eigenvalue weighted by atomic mass is 10.1. The van der Waals surface area contributed by atoms with Gasteiger partial charge < -0.3 is 19.6 Å². The fourth-order valence-electron chi connectivity index (χ4n) is 2.51. The number of hydrogen-bond donors (Lipinski definition) is 2. The largest absolute Gasteiger partial charge is 0.461 e. The van der Waals surface area contributed by atoms with Crippen molar-refractivity contribution in [2.24, 2.45) is 0 Å². The second kappa shape index (κ2) is 6.87. The summed E-state index contributed by atoms with van der Waals surface area (Å²) in [6.45, 7) is 0. The van der Waals surface area contributed by atoms with E-state index < -0.39 is 0 Å². The van der Waals surface area contributed by atoms with Gasteiger partial charge in [-0.3, -0.25) is 9.59 Å². The van der Waals surface area contributed by atoms with Crippen molar-refractivity contribution in [2.45, 2.75) is 25.3 Å². The monoisotopic (exact) mass is 351 g/mol. The molecular weight excluding hydrogens is 334 g/mol. The number of hydrogen-bond acceptors (Lipinski definition) is 5. The molecule has 0 atom stereocenters. The Hall–Kier alpha value is -3.35. The van der Waals surface area contributed by atoms with Gasteiger partial charge in [0, 0.05) is 17.8 Å². The molecule has 2 heterocycles. The van der Waals surface area contributed by atoms with Crippen molar-refractivity contribution in [1.82, 2.24) is 10.5 Å². The quantitative estimate of drug-likeness (QED) is 0.711. The van der Waals surface area contributed by atoms with E-state index in [9.17, 15) is 9.59 Å². The first-order valence-electron chi connectivity index (χ1n) is 8.37. The highest BCUT2D eigenvalue weighted by atomic mass is 16.5. The van der Waals surface area contributed by atoms with Gasteiger partial charge in [0.15, 0.2) is 11.5 Å². The van der Waals surface area contributed by atoms with Gasteiger partial charge in [-0.1, -0.05) is 17.3 Å². The number of carbonyl (C=O) groups excluding carboxylic acids is 2. The standard InChI is InChI=1S/C19H17N3O4/c23-18(20-13-7-8-13)10-12-3-5-14(6-4-12)21-19(24)15-11-17(26-22-15)16-2-1-9-25-16/h1-6,9,11,13H,7-8,10H2,(H,20,23)(H,21,24). The van der Waals surface area contributed by atoms with E-state index in [0.717, 1.165) is 18.4 Å². The van der Waals surface area contributed by atoms with Crippen LogP contribution in [0.15, 0.2) is 57.7 Å². The highest BCUT2D eigenvalue weighted by Crippen LogP contribution is 2.21. The minimum absolute atomic E-state index is 0.0253. The van der Waals surface area contributed by atoms with Crippen molar-refractivity contribution in [3.05, 3.63) is 60.0 Å². The summed E-state index contributed by atoms with van der Waals surface area (Å²) in [5.74, 6) is 0.533. The first-order valence-corrected chi connectivity index (χ1v) is 8.37. The fourth-order valence-corrected chi connectivity index (χ4v) is 2.51. The summed E-state index contributed by atoms with van der Waals surface area (Å²) in [5, 5.41) is 9.46. The Morgan fingerprint density at radius 1 is 1.12 bits per heavy atom. The summed E-state index contributed by atoms with van der Waals surface area (Å²) < 4.78 is 10.3. The van der Waals surface area contributed by atoms with Crippen molar-refractivity contribution in [3.63, 3.8) is 0 Å². The molecule has 4 rings (SSSR count). The molecule has 1 aliphatic rings. The third-order valence-electron chi connectivity index (χ3n) is 4.03. The Labute approximate surface area is 149 Å². The van der Waals surface area contributed by atoms with E-state index in [1.54, 1.807) is 24.3 Å². The van der Waals surface area contributed by atoms with Crippen LogP contribution in [0.2, 0.25) is 0 Å². The second-order valence-electron chi connectivity index (χ2n) is 6.22. The number of aromatic nitrogens is 1. The van der Waals surface area contributed by atoms with Crippen LogP contribution in [-0.2, 0) is 11.2 Å². The van der Waals surface area contributed by atoms with E-state index in [4.69, 9.17) is 8.94 Å². The van der Waals surface area contributed by atoms with Crippen LogP contribution in [0.1, 0.15) is 28.9 Å². The number of carbonyl (C=O) groups is 2. The Balaban J connectivity index is 1.36. The molecule has 7 heteroatoms. The number of amides is 2. The molecule has 1 aromatic carbocycles. The van der Waals surface area contributed by atoms with Crippen molar-refractivity contribution in [2.75, 3.05) is 5.32 Å². The molecule has 0 aliphatic heterocycles. The maximum Gasteiger partial charge on any atom is 0.277 e. The Bertz CT molecular complexity index is 909. The van der Waals surface area contributed by atoms with E-state index in [1.165, 1.54) is 12.3 Å². The summed E-state index contributed by atoms with van der Waals surface area (Å²) in [5.41, 5.74) is 1.66. The summed E-state index contributed by atoms with van der Waals surface area (Å²) in [4.78, 5) is 24.1. The molecule has 26 heavy (non-hydrogen) atoms. The van der Waals surface area contributed by atoms with Crippen LogP contribution in [0, 0.1) is 0 Å². The van der Waals surface area contributed by atoms with Gasteiger partial charge in [0.1, 0.15) is 0 Å². The molecule has 1 fully saturated rings. The van der Waals surface area contributed by atoms with Gasteiger partial charge in [-0.25, -0.2) is 0 Å². The zero-order chi connectivity index (χ0) is 17.9. The highest BCUT2D eigenvalue weighted by Gasteiger charge is 2.23. The zero-order valence-electron chi connectivity index (χ0n) is 13.9. The van der Waals surface area contributed by atoms with E-state index in [-0.39, 0.29) is 17.5 Å². The van der Waals surface area contributed by atoms with E-state index in [2.05, 4.69) is 15.8 Å². The van der Waals surface area contributed by atoms with Gasteiger partial charge in [-0.2, -0.15) is 0 Å². The molecule has 132 valence electrons. The zero-order valence-corrected chi connectivity index (χ0v) is 13.9. The number of nitrogens with one attached hydrogen (secondary N) is 2. The Morgan fingerprint density at radius 3 is 2.62 bits per heavy atom. The molecule has 0 bridgehead atoms. The Kier molecular flexibility index (Phi) is 4.27. The number of anilines is 1. The lowest BCUT2D eigenvalue weighted by molar-refractivity contribution is -0.120. The van der Waals surface area contributed by atoms with Crippen molar-refractivity contribution in [3.8, 4) is 11.5 Å². The SMILES string of the molecule is O=C(Cc1ccc(NC(=O)c2cc(-c3ccco3)on2)cc1)NC1CC1. The van der Waals surface area contributed by atoms with Crippen LogP contribution in [-0.4, -0.2) is 23.0 Å². The van der Waals surface area contributed by atoms with Crippen molar-refractivity contribution < 1.29 is 18.5 Å². The lowest BCUT2D eigenvalue weighted by Crippen LogP contribution is -2.26. The molecule has 0 spiro atoms. The van der Waals surface area contributed by atoms with E-state index in [1.807, 2.05) is 12.1 Å². The van der Waals surface area contributed by atoms with Gasteiger partial charge in [-0.05, 0) is 42.7 Å². The Morgan fingerprint density at radius 2 is 1.92 bits per heavy atom. The van der Waals surface area contributed by atoms with Crippen molar-refractivity contribution in [1.29, 1.82) is 0 Å². The van der Waals surface area contributed by atoms with Crippen molar-refractivity contribution >= 4 is 17.5 Å². The smallest absolute Gasteiger partial charge is 0.277 e. The van der Waals surface area contributed by atoms with Crippen LogP contribution in [0.3, 0.4) is 0 Å². The number of nitrogens with zero attached hydrogens (tertiary/aromatic N) is 1. The number of benzene rings is 1. The first-order chi connectivity index (χ1) is 12.7. The predicted molar refractivity (Wildman–Crippen MR) is 93.5 cm³/mol. The number of rotatable bonds is 6. The van der Waals surface area contributed by atoms with Gasteiger partial charge in [-0.15, -0.1) is 0 Å². The summed E-state index contributed by atoms with van der Waals surface area (Å²) in [7, 11) is 0. The fraction of sp³-hybridized carbons (Fsp3) is 0.211. The van der Waals surface area contributed by atoms with Gasteiger partial charge in [0.2, 0.25) is 11.7 Å². The molecule has 2 N–H and O–H groups in total. The molecule has 0 radical (unpaired) electrons. The normalized spacial score (nSPS) is 13.4. The molecule has 0 unspecified atom stereocenters. The van der Waals surface area contributed by atoms with Crippen LogP contribution in [0.5, 0.6) is 0 Å². The first kappa shape index (κ1) is 16.1. The molecule has 1 saturated carbocycles. The minimum Gasteiger partial charge on any atom is -0.461 e. The van der Waals surface area contributed by atoms with Gasteiger partial charge >= 0.3 is 0 Å². The molecular formula is C19H17N3O4. The summed E-state index contributed by atoms with van der Waals surface area (Å²) >= 11 is 0. The number of furan rings is 1. The molecule has 2 amide bonds. The second-order valence-corrected chi connectivity index (χ2v) is 6.22. The van der Waals surface area contributed by atoms with Gasteiger partial charge in [0.25, 0.3) is 5.91 Å². The minimum atomic E-state index is -0.384. The highest BCUT2D eigenvalue weighted by molar-refractivity contribution is 6.03. The van der Waals surface area contributed by atoms with Gasteiger partial charge in [0.05, 0.1) is 12.7 Å². The summed E-state index contributed by atoms with van der Waals surface area (Å²) in [6, 6.07) is 12.5. The lowest BCUT2D eigenvalue weighted by Gasteiger charge is -2.06. The maximum atomic E-state index is 12.3. The van der Waals surface area contributed by atoms with Crippen LogP contribution < -0.4 is 10.6 Å². The third-order valence-corrected chi connectivity index (χ3v) is 4.03. The molecule has 0 saturated heterocycles. The topological polar surface area (TPSA) is 97.4 Å². The van der Waals surface area contributed by atoms with Crippen LogP contribution in [0.4, 0.5) is 5.69 Å². The van der Waals surface area contributed by atoms with Crippen LogP contribution in [0.25, 0.3) is 11.5 Å². The predicted octanol–water partition coefficient (Wildman–Crippen LogP) is 3.01. The van der Waals surface area contributed by atoms with E-state index >= 15 is 0 Å². The third kappa shape index (κ3) is 3.83. The molecule has 7 nitrogen and oxygen atoms in total. The van der Waals surface area contributed by atoms with Crippen LogP contribution >= 0.6 is 0 Å². The average Bonchev–Trinajstić information content (AvgIpc) is 3.12. The molecule has 2 aromatic heterocycles. The maximum absolute atomic E-state index is 12.3. The molecule has 1 aliphatic carbocycles.